The third kappa shape index (κ3) is 2.64. The number of nitro benzene ring substituents is 1. The molecule has 0 saturated heterocycles. The Bertz CT molecular complexity index is 782. The largest absolute Gasteiger partial charge is 0.434 e. The van der Waals surface area contributed by atoms with Crippen molar-refractivity contribution in [1.82, 2.24) is 4.98 Å². The van der Waals surface area contributed by atoms with Crippen molar-refractivity contribution in [2.24, 2.45) is 0 Å². The second kappa shape index (κ2) is 5.38. The van der Waals surface area contributed by atoms with Crippen molar-refractivity contribution in [1.29, 1.82) is 0 Å². The molecule has 104 valence electrons. The van der Waals surface area contributed by atoms with Crippen molar-refractivity contribution < 1.29 is 9.34 Å². The van der Waals surface area contributed by atoms with Crippen LogP contribution in [-0.2, 0) is 0 Å². The van der Waals surface area contributed by atoms with Gasteiger partial charge < -0.3 is 4.42 Å². The highest BCUT2D eigenvalue weighted by Gasteiger charge is 2.15. The van der Waals surface area contributed by atoms with Gasteiger partial charge in [-0.3, -0.25) is 10.1 Å². The molecule has 3 rings (SSSR count). The van der Waals surface area contributed by atoms with Gasteiger partial charge in [0.1, 0.15) is 0 Å². The number of nitro groups is 1. The van der Waals surface area contributed by atoms with Gasteiger partial charge in [-0.15, -0.1) is 0 Å². The summed E-state index contributed by atoms with van der Waals surface area (Å²) in [6, 6.07) is 15.3. The molecule has 0 aliphatic carbocycles. The minimum Gasteiger partial charge on any atom is -0.434 e. The summed E-state index contributed by atoms with van der Waals surface area (Å²) in [5.74, 6) is 0.805. The predicted octanol–water partition coefficient (Wildman–Crippen LogP) is 4.57. The smallest absolute Gasteiger partial charge is 0.269 e. The van der Waals surface area contributed by atoms with Crippen LogP contribution in [0.3, 0.4) is 0 Å². The quantitative estimate of drug-likeness (QED) is 0.525. The minimum atomic E-state index is -0.457. The summed E-state index contributed by atoms with van der Waals surface area (Å²) in [4.78, 5) is 14.4. The van der Waals surface area contributed by atoms with E-state index in [-0.39, 0.29) is 10.8 Å². The first-order valence-corrected chi connectivity index (χ1v) is 6.49. The zero-order chi connectivity index (χ0) is 14.8. The number of hydrogen-bond donors (Lipinski definition) is 0. The Kier molecular flexibility index (Phi) is 3.41. The molecule has 0 saturated carbocycles. The molecule has 0 fully saturated rings. The molecule has 0 amide bonds. The summed E-state index contributed by atoms with van der Waals surface area (Å²) in [6.07, 6.45) is 0. The van der Waals surface area contributed by atoms with E-state index in [4.69, 9.17) is 16.0 Å². The summed E-state index contributed by atoms with van der Waals surface area (Å²) in [7, 11) is 0. The van der Waals surface area contributed by atoms with Gasteiger partial charge in [0.2, 0.25) is 5.89 Å². The van der Waals surface area contributed by atoms with Gasteiger partial charge in [0.05, 0.1) is 4.92 Å². The number of aromatic nitrogens is 1. The molecule has 0 spiro atoms. The van der Waals surface area contributed by atoms with Gasteiger partial charge in [-0.1, -0.05) is 29.8 Å². The van der Waals surface area contributed by atoms with Crippen molar-refractivity contribution in [3.63, 3.8) is 0 Å². The van der Waals surface area contributed by atoms with E-state index in [1.165, 1.54) is 12.1 Å². The fourth-order valence-corrected chi connectivity index (χ4v) is 2.14. The number of benzene rings is 2. The summed E-state index contributed by atoms with van der Waals surface area (Å²) in [5, 5.41) is 10.9. The van der Waals surface area contributed by atoms with E-state index in [0.717, 1.165) is 5.56 Å². The highest BCUT2D eigenvalue weighted by Crippen LogP contribution is 2.33. The lowest BCUT2D eigenvalue weighted by Crippen LogP contribution is -1.86. The van der Waals surface area contributed by atoms with Gasteiger partial charge in [0, 0.05) is 23.3 Å². The molecule has 21 heavy (non-hydrogen) atoms. The van der Waals surface area contributed by atoms with Crippen LogP contribution in [0.2, 0.25) is 5.15 Å². The van der Waals surface area contributed by atoms with Crippen LogP contribution in [0.5, 0.6) is 0 Å². The molecule has 0 atom stereocenters. The van der Waals surface area contributed by atoms with Gasteiger partial charge in [0.15, 0.2) is 10.9 Å². The Balaban J connectivity index is 2.00. The van der Waals surface area contributed by atoms with Gasteiger partial charge in [0.25, 0.3) is 5.69 Å². The molecule has 5 nitrogen and oxygen atoms in total. The Labute approximate surface area is 125 Å². The summed E-state index contributed by atoms with van der Waals surface area (Å²) in [5.41, 5.74) is 1.46. The van der Waals surface area contributed by atoms with E-state index < -0.39 is 4.92 Å². The van der Waals surface area contributed by atoms with Crippen molar-refractivity contribution in [3.8, 4) is 22.8 Å². The van der Waals surface area contributed by atoms with Crippen LogP contribution in [-0.4, -0.2) is 9.91 Å². The molecule has 0 radical (unpaired) electrons. The molecular formula is C15H9ClN2O3. The van der Waals surface area contributed by atoms with Crippen molar-refractivity contribution in [2.45, 2.75) is 0 Å². The lowest BCUT2D eigenvalue weighted by atomic mass is 10.2. The highest BCUT2D eigenvalue weighted by molar-refractivity contribution is 6.31. The Morgan fingerprint density at radius 3 is 2.29 bits per heavy atom. The van der Waals surface area contributed by atoms with Gasteiger partial charge >= 0.3 is 0 Å². The monoisotopic (exact) mass is 300 g/mol. The lowest BCUT2D eigenvalue weighted by Gasteiger charge is -1.97. The first-order valence-electron chi connectivity index (χ1n) is 6.12. The van der Waals surface area contributed by atoms with Gasteiger partial charge in [-0.2, -0.15) is 4.98 Å². The van der Waals surface area contributed by atoms with Gasteiger partial charge in [-0.25, -0.2) is 0 Å². The SMILES string of the molecule is O=[N+]([O-])c1ccc(-c2oc(-c3ccccc3)nc2Cl)cc1. The normalized spacial score (nSPS) is 10.5. The lowest BCUT2D eigenvalue weighted by molar-refractivity contribution is -0.384. The van der Waals surface area contributed by atoms with Crippen molar-refractivity contribution in [3.05, 3.63) is 69.9 Å². The average molecular weight is 301 g/mol. The highest BCUT2D eigenvalue weighted by atomic mass is 35.5. The van der Waals surface area contributed by atoms with E-state index >= 15 is 0 Å². The molecule has 0 N–H and O–H groups in total. The Morgan fingerprint density at radius 2 is 1.67 bits per heavy atom. The van der Waals surface area contributed by atoms with Gasteiger partial charge in [-0.05, 0) is 24.3 Å². The van der Waals surface area contributed by atoms with Crippen molar-refractivity contribution >= 4 is 17.3 Å². The van der Waals surface area contributed by atoms with E-state index in [2.05, 4.69) is 4.98 Å². The maximum atomic E-state index is 10.6. The van der Waals surface area contributed by atoms with E-state index in [1.807, 2.05) is 30.3 Å². The third-order valence-electron chi connectivity index (χ3n) is 2.95. The minimum absolute atomic E-state index is 0.0117. The Morgan fingerprint density at radius 1 is 1.00 bits per heavy atom. The molecule has 0 bridgehead atoms. The first-order chi connectivity index (χ1) is 10.1. The van der Waals surface area contributed by atoms with Crippen LogP contribution in [0.4, 0.5) is 5.69 Å². The van der Waals surface area contributed by atoms with Crippen LogP contribution in [0.15, 0.2) is 59.0 Å². The number of rotatable bonds is 3. The second-order valence-corrected chi connectivity index (χ2v) is 4.67. The zero-order valence-corrected chi connectivity index (χ0v) is 11.4. The molecule has 1 heterocycles. The first kappa shape index (κ1) is 13.3. The number of halogens is 1. The van der Waals surface area contributed by atoms with Crippen molar-refractivity contribution in [2.75, 3.05) is 0 Å². The third-order valence-corrected chi connectivity index (χ3v) is 3.20. The number of nitrogens with zero attached hydrogens (tertiary/aromatic N) is 2. The van der Waals surface area contributed by atoms with Crippen LogP contribution in [0.25, 0.3) is 22.8 Å². The molecule has 1 aromatic heterocycles. The van der Waals surface area contributed by atoms with E-state index in [1.54, 1.807) is 12.1 Å². The molecule has 6 heteroatoms. The molecule has 2 aromatic carbocycles. The van der Waals surface area contributed by atoms with Crippen LogP contribution < -0.4 is 0 Å². The van der Waals surface area contributed by atoms with Crippen LogP contribution in [0, 0.1) is 10.1 Å². The predicted molar refractivity (Wildman–Crippen MR) is 79.0 cm³/mol. The number of non-ortho nitro benzene ring substituents is 1. The fourth-order valence-electron chi connectivity index (χ4n) is 1.92. The average Bonchev–Trinajstić information content (AvgIpc) is 2.90. The topological polar surface area (TPSA) is 69.2 Å². The molecular weight excluding hydrogens is 292 g/mol. The zero-order valence-electron chi connectivity index (χ0n) is 10.7. The maximum Gasteiger partial charge on any atom is 0.269 e. The number of hydrogen-bond acceptors (Lipinski definition) is 4. The molecule has 0 aliphatic heterocycles. The standard InChI is InChI=1S/C15H9ClN2O3/c16-14-13(10-6-8-12(9-7-10)18(19)20)21-15(17-14)11-4-2-1-3-5-11/h1-9H. The van der Waals surface area contributed by atoms with E-state index in [0.29, 0.717) is 17.2 Å². The molecule has 3 aromatic rings. The second-order valence-electron chi connectivity index (χ2n) is 4.31. The summed E-state index contributed by atoms with van der Waals surface area (Å²) >= 11 is 6.09. The Hall–Kier alpha value is -2.66. The van der Waals surface area contributed by atoms with E-state index in [9.17, 15) is 10.1 Å². The maximum absolute atomic E-state index is 10.6. The van der Waals surface area contributed by atoms with Crippen LogP contribution in [0.1, 0.15) is 0 Å². The summed E-state index contributed by atoms with van der Waals surface area (Å²) in [6.45, 7) is 0. The number of oxazole rings is 1. The molecule has 0 unspecified atom stereocenters. The van der Waals surface area contributed by atoms with Crippen LogP contribution >= 0.6 is 11.6 Å². The molecule has 0 aliphatic rings. The fraction of sp³-hybridized carbons (Fsp3) is 0. The summed E-state index contributed by atoms with van der Waals surface area (Å²) < 4.78 is 5.67.